The number of nitrogens with zero attached hydrogens (tertiary/aromatic N) is 2. The predicted molar refractivity (Wildman–Crippen MR) is 109 cm³/mol. The summed E-state index contributed by atoms with van der Waals surface area (Å²) in [6, 6.07) is 8.37. The van der Waals surface area contributed by atoms with Crippen molar-refractivity contribution >= 4 is 49.3 Å². The van der Waals surface area contributed by atoms with Crippen LogP contribution in [0.2, 0.25) is 0 Å². The highest BCUT2D eigenvalue weighted by atomic mass is 79.9. The van der Waals surface area contributed by atoms with Crippen molar-refractivity contribution in [3.63, 3.8) is 0 Å². The smallest absolute Gasteiger partial charge is 0.241 e. The number of halogens is 1. The third kappa shape index (κ3) is 6.37. The van der Waals surface area contributed by atoms with Gasteiger partial charge in [0.15, 0.2) is 0 Å². The third-order valence-corrected chi connectivity index (χ3v) is 5.24. The maximum absolute atomic E-state index is 12.4. The summed E-state index contributed by atoms with van der Waals surface area (Å²) in [7, 11) is -2.24. The van der Waals surface area contributed by atoms with E-state index in [0.717, 1.165) is 4.47 Å². The average Bonchev–Trinajstić information content (AvgIpc) is 2.62. The Kier molecular flexibility index (Phi) is 7.24. The minimum atomic E-state index is -3.87. The van der Waals surface area contributed by atoms with Gasteiger partial charge in [-0.25, -0.2) is 18.5 Å². The Labute approximate surface area is 171 Å². The number of amides is 2. The molecule has 1 aromatic carbocycles. The first kappa shape index (κ1) is 22.0. The van der Waals surface area contributed by atoms with Crippen molar-refractivity contribution < 1.29 is 18.0 Å². The van der Waals surface area contributed by atoms with Crippen molar-refractivity contribution in [1.82, 2.24) is 9.88 Å². The van der Waals surface area contributed by atoms with Crippen LogP contribution in [0, 0.1) is 0 Å². The second-order valence-corrected chi connectivity index (χ2v) is 8.54. The highest BCUT2D eigenvalue weighted by Gasteiger charge is 2.21. The van der Waals surface area contributed by atoms with E-state index in [-0.39, 0.29) is 17.3 Å². The van der Waals surface area contributed by atoms with Gasteiger partial charge in [-0.1, -0.05) is 6.07 Å². The minimum Gasteiger partial charge on any atom is -0.325 e. The fourth-order valence-electron chi connectivity index (χ4n) is 2.19. The minimum absolute atomic E-state index is 0.0381. The molecule has 28 heavy (non-hydrogen) atoms. The number of primary sulfonamides is 1. The highest BCUT2D eigenvalue weighted by Crippen LogP contribution is 2.15. The number of likely N-dealkylation sites (N-methyl/N-ethyl adjacent to an activating group) is 1. The van der Waals surface area contributed by atoms with E-state index < -0.39 is 22.0 Å². The van der Waals surface area contributed by atoms with Crippen LogP contribution in [0.5, 0.6) is 0 Å². The number of anilines is 2. The second kappa shape index (κ2) is 9.24. The Bertz CT molecular complexity index is 966. The second-order valence-electron chi connectivity index (χ2n) is 6.06. The zero-order chi connectivity index (χ0) is 20.9. The Balaban J connectivity index is 1.94. The molecule has 11 heteroatoms. The average molecular weight is 470 g/mol. The van der Waals surface area contributed by atoms with Gasteiger partial charge >= 0.3 is 0 Å². The molecule has 0 aliphatic heterocycles. The summed E-state index contributed by atoms with van der Waals surface area (Å²) in [5.74, 6) is -0.324. The SMILES string of the molecule is CC(C(=O)Nc1cccc(S(N)(=O)=O)c1)N(C)CC(=O)Nc1ccc(Br)cn1. The van der Waals surface area contributed by atoms with E-state index in [1.54, 1.807) is 43.3 Å². The van der Waals surface area contributed by atoms with Crippen LogP contribution in [0.15, 0.2) is 52.0 Å². The van der Waals surface area contributed by atoms with E-state index >= 15 is 0 Å². The molecule has 0 radical (unpaired) electrons. The van der Waals surface area contributed by atoms with Gasteiger partial charge in [-0.2, -0.15) is 0 Å². The van der Waals surface area contributed by atoms with Crippen molar-refractivity contribution in [3.8, 4) is 0 Å². The zero-order valence-electron chi connectivity index (χ0n) is 15.2. The lowest BCUT2D eigenvalue weighted by Gasteiger charge is -2.23. The van der Waals surface area contributed by atoms with Crippen LogP contribution in [0.3, 0.4) is 0 Å². The molecule has 0 aliphatic carbocycles. The summed E-state index contributed by atoms with van der Waals surface area (Å²) >= 11 is 3.26. The summed E-state index contributed by atoms with van der Waals surface area (Å²) in [5, 5.41) is 10.3. The van der Waals surface area contributed by atoms with E-state index in [0.29, 0.717) is 11.5 Å². The fraction of sp³-hybridized carbons (Fsp3) is 0.235. The number of aromatic nitrogens is 1. The van der Waals surface area contributed by atoms with Crippen molar-refractivity contribution in [1.29, 1.82) is 0 Å². The van der Waals surface area contributed by atoms with E-state index in [1.165, 1.54) is 18.2 Å². The van der Waals surface area contributed by atoms with Crippen LogP contribution in [0.25, 0.3) is 0 Å². The molecular weight excluding hydrogens is 450 g/mol. The van der Waals surface area contributed by atoms with Crippen LogP contribution in [0.4, 0.5) is 11.5 Å². The molecule has 0 spiro atoms. The van der Waals surface area contributed by atoms with Gasteiger partial charge in [-0.3, -0.25) is 14.5 Å². The number of pyridine rings is 1. The van der Waals surface area contributed by atoms with E-state index in [2.05, 4.69) is 31.5 Å². The molecule has 9 nitrogen and oxygen atoms in total. The lowest BCUT2D eigenvalue weighted by molar-refractivity contribution is -0.122. The first-order valence-electron chi connectivity index (χ1n) is 8.11. The van der Waals surface area contributed by atoms with Crippen LogP contribution < -0.4 is 15.8 Å². The van der Waals surface area contributed by atoms with Gasteiger partial charge in [-0.15, -0.1) is 0 Å². The monoisotopic (exact) mass is 469 g/mol. The Hall–Kier alpha value is -2.34. The standard InChI is InChI=1S/C17H20BrN5O4S/c1-11(17(25)21-13-4-3-5-14(8-13)28(19,26)27)23(2)10-16(24)22-15-7-6-12(18)9-20-15/h3-9,11H,10H2,1-2H3,(H,21,25)(H2,19,26,27)(H,20,22,24). The van der Waals surface area contributed by atoms with Crippen LogP contribution in [0.1, 0.15) is 6.92 Å². The Morgan fingerprint density at radius 2 is 1.96 bits per heavy atom. The van der Waals surface area contributed by atoms with Gasteiger partial charge in [-0.05, 0) is 60.2 Å². The maximum atomic E-state index is 12.4. The number of rotatable bonds is 7. The molecule has 0 saturated heterocycles. The first-order chi connectivity index (χ1) is 13.1. The van der Waals surface area contributed by atoms with Gasteiger partial charge in [0, 0.05) is 16.4 Å². The zero-order valence-corrected chi connectivity index (χ0v) is 17.6. The van der Waals surface area contributed by atoms with Gasteiger partial charge in [0.2, 0.25) is 21.8 Å². The number of sulfonamides is 1. The molecule has 4 N–H and O–H groups in total. The van der Waals surface area contributed by atoms with Gasteiger partial charge in [0.05, 0.1) is 17.5 Å². The van der Waals surface area contributed by atoms with Crippen LogP contribution >= 0.6 is 15.9 Å². The number of benzene rings is 1. The number of nitrogens with two attached hydrogens (primary N) is 1. The van der Waals surface area contributed by atoms with Gasteiger partial charge < -0.3 is 10.6 Å². The summed E-state index contributed by atoms with van der Waals surface area (Å²) in [5.41, 5.74) is 0.292. The molecular formula is C17H20BrN5O4S. The highest BCUT2D eigenvalue weighted by molar-refractivity contribution is 9.10. The molecule has 1 unspecified atom stereocenters. The summed E-state index contributed by atoms with van der Waals surface area (Å²) < 4.78 is 23.6. The van der Waals surface area contributed by atoms with E-state index in [1.807, 2.05) is 0 Å². The normalized spacial score (nSPS) is 12.5. The molecule has 0 saturated carbocycles. The summed E-state index contributed by atoms with van der Waals surface area (Å²) in [4.78, 5) is 30.0. The largest absolute Gasteiger partial charge is 0.325 e. The molecule has 150 valence electrons. The molecule has 2 aromatic rings. The molecule has 2 rings (SSSR count). The molecule has 0 aliphatic rings. The van der Waals surface area contributed by atoms with E-state index in [4.69, 9.17) is 5.14 Å². The van der Waals surface area contributed by atoms with Crippen molar-refractivity contribution in [2.45, 2.75) is 17.9 Å². The van der Waals surface area contributed by atoms with Gasteiger partial charge in [0.25, 0.3) is 0 Å². The van der Waals surface area contributed by atoms with E-state index in [9.17, 15) is 18.0 Å². The number of hydrogen-bond acceptors (Lipinski definition) is 6. The lowest BCUT2D eigenvalue weighted by Crippen LogP contribution is -2.43. The first-order valence-corrected chi connectivity index (χ1v) is 10.5. The Morgan fingerprint density at radius 1 is 1.25 bits per heavy atom. The van der Waals surface area contributed by atoms with Crippen LogP contribution in [-0.2, 0) is 19.6 Å². The molecule has 1 heterocycles. The summed E-state index contributed by atoms with van der Waals surface area (Å²) in [6.07, 6.45) is 1.56. The van der Waals surface area contributed by atoms with Crippen molar-refractivity contribution in [2.24, 2.45) is 5.14 Å². The van der Waals surface area contributed by atoms with Crippen molar-refractivity contribution in [3.05, 3.63) is 47.1 Å². The molecule has 1 atom stereocenters. The topological polar surface area (TPSA) is 134 Å². The maximum Gasteiger partial charge on any atom is 0.241 e. The number of hydrogen-bond donors (Lipinski definition) is 3. The number of nitrogens with one attached hydrogen (secondary N) is 2. The molecule has 2 amide bonds. The molecule has 0 bridgehead atoms. The van der Waals surface area contributed by atoms with Crippen molar-refractivity contribution in [2.75, 3.05) is 24.2 Å². The fourth-order valence-corrected chi connectivity index (χ4v) is 2.99. The third-order valence-electron chi connectivity index (χ3n) is 3.86. The summed E-state index contributed by atoms with van der Waals surface area (Å²) in [6.45, 7) is 1.59. The number of carbonyl (C=O) groups is 2. The predicted octanol–water partition coefficient (Wildman–Crippen LogP) is 1.39. The number of carbonyl (C=O) groups excluding carboxylic acids is 2. The van der Waals surface area contributed by atoms with Gasteiger partial charge in [0.1, 0.15) is 5.82 Å². The van der Waals surface area contributed by atoms with Crippen LogP contribution in [-0.4, -0.2) is 49.8 Å². The Morgan fingerprint density at radius 3 is 2.57 bits per heavy atom. The molecule has 0 fully saturated rings. The lowest BCUT2D eigenvalue weighted by atomic mass is 10.2. The molecule has 1 aromatic heterocycles. The quantitative estimate of drug-likeness (QED) is 0.560.